The molecule has 7 nitrogen and oxygen atoms in total. The SMILES string of the molecule is CCS(=O)(=O)c1ccc2c(c1)CN(C1(C(C)=O)CCC1)C2C(=O)Nc1ccc(C(O)(C(F)(F)F)C(F)(F)F)cc1. The highest BCUT2D eigenvalue weighted by Crippen LogP contribution is 2.51. The normalized spacial score (nSPS) is 19.6. The van der Waals surface area contributed by atoms with Crippen LogP contribution >= 0.6 is 0 Å². The van der Waals surface area contributed by atoms with Gasteiger partial charge in [-0.1, -0.05) is 25.1 Å². The summed E-state index contributed by atoms with van der Waals surface area (Å²) < 4.78 is 104. The van der Waals surface area contributed by atoms with Gasteiger partial charge in [0.05, 0.1) is 16.2 Å². The molecule has 2 aromatic carbocycles. The summed E-state index contributed by atoms with van der Waals surface area (Å²) in [6.07, 6.45) is -10.5. The number of benzene rings is 2. The number of sulfone groups is 1. The van der Waals surface area contributed by atoms with Crippen LogP contribution in [0.5, 0.6) is 0 Å². The minimum atomic E-state index is -6.06. The maximum Gasteiger partial charge on any atom is 0.430 e. The molecule has 218 valence electrons. The summed E-state index contributed by atoms with van der Waals surface area (Å²) in [7, 11) is -3.57. The maximum atomic E-state index is 13.5. The van der Waals surface area contributed by atoms with E-state index >= 15 is 0 Å². The van der Waals surface area contributed by atoms with Crippen molar-refractivity contribution in [1.82, 2.24) is 4.90 Å². The number of Topliss-reactive ketones (excluding diaryl/α,β-unsaturated/α-hetero) is 1. The Hall–Kier alpha value is -2.97. The van der Waals surface area contributed by atoms with Gasteiger partial charge in [0.15, 0.2) is 9.84 Å². The predicted molar refractivity (Wildman–Crippen MR) is 131 cm³/mol. The quantitative estimate of drug-likeness (QED) is 0.448. The molecule has 2 aliphatic rings. The summed E-state index contributed by atoms with van der Waals surface area (Å²) in [5, 5.41) is 12.1. The first-order valence-corrected chi connectivity index (χ1v) is 13.9. The molecule has 0 saturated heterocycles. The summed E-state index contributed by atoms with van der Waals surface area (Å²) >= 11 is 0. The fourth-order valence-electron chi connectivity index (χ4n) is 5.32. The predicted octanol–water partition coefficient (Wildman–Crippen LogP) is 4.80. The van der Waals surface area contributed by atoms with Gasteiger partial charge in [-0.25, -0.2) is 8.42 Å². The third-order valence-corrected chi connectivity index (χ3v) is 9.56. The molecule has 0 radical (unpaired) electrons. The van der Waals surface area contributed by atoms with Gasteiger partial charge in [-0.15, -0.1) is 0 Å². The molecule has 0 bridgehead atoms. The molecular weight excluding hydrogens is 566 g/mol. The van der Waals surface area contributed by atoms with Gasteiger partial charge in [0.25, 0.3) is 5.60 Å². The molecule has 2 aromatic rings. The molecule has 0 aromatic heterocycles. The third kappa shape index (κ3) is 4.69. The Morgan fingerprint density at radius 2 is 1.60 bits per heavy atom. The van der Waals surface area contributed by atoms with Gasteiger partial charge in [-0.3, -0.25) is 14.5 Å². The fraction of sp³-hybridized carbons (Fsp3) is 0.462. The Morgan fingerprint density at radius 1 is 1.02 bits per heavy atom. The molecule has 0 spiro atoms. The van der Waals surface area contributed by atoms with Gasteiger partial charge in [0, 0.05) is 17.8 Å². The molecular formula is C26H26F6N2O5S. The summed E-state index contributed by atoms with van der Waals surface area (Å²) in [6, 6.07) is 5.64. The maximum absolute atomic E-state index is 13.5. The lowest BCUT2D eigenvalue weighted by Crippen LogP contribution is -2.59. The number of nitrogens with one attached hydrogen (secondary N) is 1. The van der Waals surface area contributed by atoms with Crippen LogP contribution in [-0.4, -0.2) is 53.8 Å². The minimum Gasteiger partial charge on any atom is -0.369 e. The number of hydrogen-bond donors (Lipinski definition) is 2. The standard InChI is InChI=1S/C26H26F6N2O5S/c1-3-40(38,39)19-9-10-20-16(13-19)14-34(23(15(2)35)11-4-12-23)21(20)22(36)33-18-7-5-17(6-8-18)24(37,25(27,28)29)26(30,31)32/h5-10,13,21,37H,3-4,11-12,14H2,1-2H3,(H,33,36). The number of carbonyl (C=O) groups excluding carboxylic acids is 2. The van der Waals surface area contributed by atoms with Gasteiger partial charge in [0.2, 0.25) is 5.91 Å². The van der Waals surface area contributed by atoms with E-state index in [-0.39, 0.29) is 28.7 Å². The number of amides is 1. The van der Waals surface area contributed by atoms with Crippen LogP contribution in [-0.2, 0) is 31.6 Å². The number of hydrogen-bond acceptors (Lipinski definition) is 6. The molecule has 1 atom stereocenters. The molecule has 4 rings (SSSR count). The lowest BCUT2D eigenvalue weighted by molar-refractivity contribution is -0.376. The number of alkyl halides is 6. The lowest BCUT2D eigenvalue weighted by Gasteiger charge is -2.49. The molecule has 2 N–H and O–H groups in total. The van der Waals surface area contributed by atoms with Gasteiger partial charge in [-0.2, -0.15) is 26.3 Å². The van der Waals surface area contributed by atoms with Gasteiger partial charge >= 0.3 is 12.4 Å². The first-order valence-electron chi connectivity index (χ1n) is 12.3. The van der Waals surface area contributed by atoms with Gasteiger partial charge in [0.1, 0.15) is 11.8 Å². The highest BCUT2D eigenvalue weighted by atomic mass is 32.2. The van der Waals surface area contributed by atoms with E-state index in [1.165, 1.54) is 32.0 Å². The van der Waals surface area contributed by atoms with Crippen molar-refractivity contribution in [2.24, 2.45) is 0 Å². The van der Waals surface area contributed by atoms with Crippen molar-refractivity contribution < 1.29 is 49.5 Å². The van der Waals surface area contributed by atoms with Crippen LogP contribution in [0.2, 0.25) is 0 Å². The smallest absolute Gasteiger partial charge is 0.369 e. The number of halogens is 6. The average molecular weight is 593 g/mol. The molecule has 1 aliphatic carbocycles. The van der Waals surface area contributed by atoms with Crippen molar-refractivity contribution in [2.45, 2.75) is 74.1 Å². The number of anilines is 1. The zero-order valence-electron chi connectivity index (χ0n) is 21.4. The van der Waals surface area contributed by atoms with E-state index in [0.717, 1.165) is 18.6 Å². The van der Waals surface area contributed by atoms with E-state index in [9.17, 15) is 49.5 Å². The van der Waals surface area contributed by atoms with Crippen molar-refractivity contribution in [2.75, 3.05) is 11.1 Å². The largest absolute Gasteiger partial charge is 0.430 e. The Morgan fingerprint density at radius 3 is 2.05 bits per heavy atom. The molecule has 40 heavy (non-hydrogen) atoms. The summed E-state index contributed by atoms with van der Waals surface area (Å²) in [5.41, 5.74) is -6.78. The number of aliphatic hydroxyl groups is 1. The van der Waals surface area contributed by atoms with Crippen LogP contribution in [0.1, 0.15) is 55.8 Å². The average Bonchev–Trinajstić information content (AvgIpc) is 3.20. The van der Waals surface area contributed by atoms with E-state index in [1.807, 2.05) is 0 Å². The van der Waals surface area contributed by atoms with Crippen LogP contribution in [0.3, 0.4) is 0 Å². The van der Waals surface area contributed by atoms with E-state index < -0.39 is 50.8 Å². The zero-order chi connectivity index (χ0) is 29.9. The molecule has 1 aliphatic heterocycles. The van der Waals surface area contributed by atoms with Gasteiger partial charge < -0.3 is 10.4 Å². The Kier molecular flexibility index (Phi) is 7.38. The van der Waals surface area contributed by atoms with E-state index in [1.54, 1.807) is 4.90 Å². The molecule has 1 unspecified atom stereocenters. The summed E-state index contributed by atoms with van der Waals surface area (Å²) in [5.74, 6) is -1.05. The molecule has 1 fully saturated rings. The lowest BCUT2D eigenvalue weighted by atomic mass is 9.72. The van der Waals surface area contributed by atoms with Crippen molar-refractivity contribution >= 4 is 27.2 Å². The fourth-order valence-corrected chi connectivity index (χ4v) is 6.25. The number of nitrogens with zero attached hydrogens (tertiary/aromatic N) is 1. The van der Waals surface area contributed by atoms with Crippen LogP contribution in [0.25, 0.3) is 0 Å². The summed E-state index contributed by atoms with van der Waals surface area (Å²) in [6.45, 7) is 2.97. The highest BCUT2D eigenvalue weighted by Gasteiger charge is 2.71. The second kappa shape index (κ2) is 9.84. The van der Waals surface area contributed by atoms with Crippen molar-refractivity contribution in [3.8, 4) is 0 Å². The van der Waals surface area contributed by atoms with Crippen molar-refractivity contribution in [1.29, 1.82) is 0 Å². The van der Waals surface area contributed by atoms with Crippen LogP contribution < -0.4 is 5.32 Å². The number of ketones is 1. The second-order valence-electron chi connectivity index (χ2n) is 10.0. The van der Waals surface area contributed by atoms with Crippen LogP contribution in [0.4, 0.5) is 32.0 Å². The highest BCUT2D eigenvalue weighted by molar-refractivity contribution is 7.91. The van der Waals surface area contributed by atoms with Crippen molar-refractivity contribution in [3.63, 3.8) is 0 Å². The monoisotopic (exact) mass is 592 g/mol. The first-order chi connectivity index (χ1) is 18.4. The summed E-state index contributed by atoms with van der Waals surface area (Å²) in [4.78, 5) is 28.0. The van der Waals surface area contributed by atoms with E-state index in [0.29, 0.717) is 36.1 Å². The molecule has 14 heteroatoms. The Balaban J connectivity index is 1.69. The molecule has 1 amide bonds. The second-order valence-corrected chi connectivity index (χ2v) is 12.3. The first kappa shape index (κ1) is 30.0. The minimum absolute atomic E-state index is 0.0534. The van der Waals surface area contributed by atoms with E-state index in [4.69, 9.17) is 0 Å². The number of rotatable bonds is 7. The van der Waals surface area contributed by atoms with Gasteiger partial charge in [-0.05, 0) is 61.6 Å². The van der Waals surface area contributed by atoms with Crippen molar-refractivity contribution in [3.05, 3.63) is 59.2 Å². The molecule has 1 heterocycles. The zero-order valence-corrected chi connectivity index (χ0v) is 22.2. The topological polar surface area (TPSA) is 104 Å². The third-order valence-electron chi connectivity index (χ3n) is 7.83. The van der Waals surface area contributed by atoms with Crippen LogP contribution in [0.15, 0.2) is 47.4 Å². The Labute approximate surface area is 226 Å². The molecule has 1 saturated carbocycles. The Bertz CT molecular complexity index is 1420. The van der Waals surface area contributed by atoms with E-state index in [2.05, 4.69) is 5.32 Å². The van der Waals surface area contributed by atoms with Crippen LogP contribution in [0, 0.1) is 0 Å². The number of carbonyl (C=O) groups is 2. The number of fused-ring (bicyclic) bond motifs is 1.